The molecular weight excluding hydrogens is 92.1 g/mol. The Morgan fingerprint density at radius 1 is 1.71 bits per heavy atom. The third kappa shape index (κ3) is 5.66. The summed E-state index contributed by atoms with van der Waals surface area (Å²) >= 11 is 0. The molecule has 0 aromatic rings. The minimum Gasteiger partial charge on any atom is -0.392 e. The maximum absolute atomic E-state index is 8.49. The van der Waals surface area contributed by atoms with Gasteiger partial charge in [-0.05, 0) is 6.92 Å². The SMILES string of the molecule is CC(O)C=CCO. The van der Waals surface area contributed by atoms with Gasteiger partial charge in [-0.1, -0.05) is 12.2 Å². The minimum atomic E-state index is -0.438. The van der Waals surface area contributed by atoms with Crippen LogP contribution in [0.2, 0.25) is 0 Å². The summed E-state index contributed by atoms with van der Waals surface area (Å²) < 4.78 is 0. The van der Waals surface area contributed by atoms with Crippen LogP contribution in [0.3, 0.4) is 0 Å². The largest absolute Gasteiger partial charge is 0.392 e. The molecule has 2 N–H and O–H groups in total. The van der Waals surface area contributed by atoms with Crippen molar-refractivity contribution in [3.8, 4) is 0 Å². The Labute approximate surface area is 43.1 Å². The molecule has 0 fully saturated rings. The maximum Gasteiger partial charge on any atom is 0.0693 e. The Hall–Kier alpha value is -0.340. The van der Waals surface area contributed by atoms with Gasteiger partial charge in [0.1, 0.15) is 0 Å². The summed E-state index contributed by atoms with van der Waals surface area (Å²) in [6.45, 7) is 1.64. The van der Waals surface area contributed by atoms with Gasteiger partial charge in [-0.15, -0.1) is 0 Å². The highest BCUT2D eigenvalue weighted by Gasteiger charge is 1.80. The van der Waals surface area contributed by atoms with Gasteiger partial charge in [-0.2, -0.15) is 0 Å². The third-order valence-electron chi connectivity index (χ3n) is 0.520. The average molecular weight is 102 g/mol. The molecule has 0 radical (unpaired) electrons. The molecule has 2 heteroatoms. The van der Waals surface area contributed by atoms with Crippen LogP contribution < -0.4 is 0 Å². The van der Waals surface area contributed by atoms with Crippen molar-refractivity contribution in [1.82, 2.24) is 0 Å². The van der Waals surface area contributed by atoms with Crippen molar-refractivity contribution >= 4 is 0 Å². The van der Waals surface area contributed by atoms with E-state index in [1.54, 1.807) is 6.92 Å². The van der Waals surface area contributed by atoms with Crippen molar-refractivity contribution in [2.75, 3.05) is 6.61 Å². The molecule has 0 amide bonds. The lowest BCUT2D eigenvalue weighted by Crippen LogP contribution is -1.91. The highest BCUT2D eigenvalue weighted by atomic mass is 16.3. The van der Waals surface area contributed by atoms with Crippen LogP contribution in [-0.2, 0) is 0 Å². The van der Waals surface area contributed by atoms with Crippen LogP contribution in [0.4, 0.5) is 0 Å². The van der Waals surface area contributed by atoms with Gasteiger partial charge in [0.05, 0.1) is 12.7 Å². The van der Waals surface area contributed by atoms with Crippen LogP contribution >= 0.6 is 0 Å². The van der Waals surface area contributed by atoms with Crippen molar-refractivity contribution in [3.63, 3.8) is 0 Å². The van der Waals surface area contributed by atoms with Crippen molar-refractivity contribution in [2.45, 2.75) is 13.0 Å². The Kier molecular flexibility index (Phi) is 3.65. The molecule has 0 spiro atoms. The predicted molar refractivity (Wildman–Crippen MR) is 27.9 cm³/mol. The highest BCUT2D eigenvalue weighted by Crippen LogP contribution is 1.79. The number of aliphatic hydroxyl groups excluding tert-OH is 2. The lowest BCUT2D eigenvalue weighted by molar-refractivity contribution is 0.242. The van der Waals surface area contributed by atoms with Crippen LogP contribution in [0.15, 0.2) is 12.2 Å². The fourth-order valence-electron chi connectivity index (χ4n) is 0.258. The monoisotopic (exact) mass is 102 g/mol. The third-order valence-corrected chi connectivity index (χ3v) is 0.520. The fourth-order valence-corrected chi connectivity index (χ4v) is 0.258. The van der Waals surface area contributed by atoms with Gasteiger partial charge in [-0.25, -0.2) is 0 Å². The molecule has 1 atom stereocenters. The molecule has 0 aliphatic rings. The van der Waals surface area contributed by atoms with E-state index in [4.69, 9.17) is 10.2 Å². The van der Waals surface area contributed by atoms with E-state index in [0.29, 0.717) is 0 Å². The van der Waals surface area contributed by atoms with Crippen molar-refractivity contribution < 1.29 is 10.2 Å². The van der Waals surface area contributed by atoms with E-state index in [-0.39, 0.29) is 6.61 Å². The molecule has 42 valence electrons. The molecule has 0 saturated carbocycles. The number of hydrogen-bond donors (Lipinski definition) is 2. The summed E-state index contributed by atoms with van der Waals surface area (Å²) in [5.74, 6) is 0. The van der Waals surface area contributed by atoms with E-state index in [2.05, 4.69) is 0 Å². The summed E-state index contributed by atoms with van der Waals surface area (Å²) in [7, 11) is 0. The molecule has 0 heterocycles. The average Bonchev–Trinajstić information content (AvgIpc) is 1.61. The zero-order chi connectivity index (χ0) is 5.70. The second kappa shape index (κ2) is 3.84. The number of rotatable bonds is 2. The molecule has 0 bridgehead atoms. The first kappa shape index (κ1) is 6.66. The summed E-state index contributed by atoms with van der Waals surface area (Å²) in [6, 6.07) is 0. The first-order chi connectivity index (χ1) is 3.27. The van der Waals surface area contributed by atoms with E-state index < -0.39 is 6.10 Å². The minimum absolute atomic E-state index is 0.00486. The van der Waals surface area contributed by atoms with Gasteiger partial charge in [0.2, 0.25) is 0 Å². The van der Waals surface area contributed by atoms with E-state index in [1.807, 2.05) is 0 Å². The zero-order valence-electron chi connectivity index (χ0n) is 4.33. The molecule has 2 nitrogen and oxygen atoms in total. The topological polar surface area (TPSA) is 40.5 Å². The highest BCUT2D eigenvalue weighted by molar-refractivity contribution is 4.85. The van der Waals surface area contributed by atoms with Crippen LogP contribution in [0.1, 0.15) is 6.92 Å². The summed E-state index contributed by atoms with van der Waals surface area (Å²) in [5, 5.41) is 16.6. The van der Waals surface area contributed by atoms with Crippen LogP contribution in [0.25, 0.3) is 0 Å². The molecule has 0 saturated heterocycles. The van der Waals surface area contributed by atoms with Crippen molar-refractivity contribution in [2.24, 2.45) is 0 Å². The molecular formula is C5H10O2. The summed E-state index contributed by atoms with van der Waals surface area (Å²) in [6.07, 6.45) is 2.59. The quantitative estimate of drug-likeness (QED) is 0.478. The van der Waals surface area contributed by atoms with E-state index in [1.165, 1.54) is 12.2 Å². The van der Waals surface area contributed by atoms with Crippen LogP contribution in [0, 0.1) is 0 Å². The van der Waals surface area contributed by atoms with Crippen molar-refractivity contribution in [3.05, 3.63) is 12.2 Å². The lowest BCUT2D eigenvalue weighted by atomic mass is 10.4. The van der Waals surface area contributed by atoms with Gasteiger partial charge in [0.25, 0.3) is 0 Å². The smallest absolute Gasteiger partial charge is 0.0693 e. The fraction of sp³-hybridized carbons (Fsp3) is 0.600. The first-order valence-corrected chi connectivity index (χ1v) is 2.23. The Morgan fingerprint density at radius 2 is 2.29 bits per heavy atom. The first-order valence-electron chi connectivity index (χ1n) is 2.23. The van der Waals surface area contributed by atoms with Gasteiger partial charge in [0.15, 0.2) is 0 Å². The molecule has 0 aliphatic carbocycles. The van der Waals surface area contributed by atoms with E-state index in [0.717, 1.165) is 0 Å². The zero-order valence-corrected chi connectivity index (χ0v) is 4.33. The van der Waals surface area contributed by atoms with Crippen LogP contribution in [0.5, 0.6) is 0 Å². The molecule has 1 unspecified atom stereocenters. The molecule has 0 rings (SSSR count). The van der Waals surface area contributed by atoms with Crippen molar-refractivity contribution in [1.29, 1.82) is 0 Å². The number of aliphatic hydroxyl groups is 2. The summed E-state index contributed by atoms with van der Waals surface area (Å²) in [5.41, 5.74) is 0. The van der Waals surface area contributed by atoms with Gasteiger partial charge in [-0.3, -0.25) is 0 Å². The Bertz CT molecular complexity index is 57.1. The Morgan fingerprint density at radius 3 is 2.43 bits per heavy atom. The molecule has 7 heavy (non-hydrogen) atoms. The second-order valence-corrected chi connectivity index (χ2v) is 1.35. The molecule has 0 aromatic heterocycles. The predicted octanol–water partition coefficient (Wildman–Crippen LogP) is -0.0843. The van der Waals surface area contributed by atoms with Gasteiger partial charge < -0.3 is 10.2 Å². The second-order valence-electron chi connectivity index (χ2n) is 1.35. The summed E-state index contributed by atoms with van der Waals surface area (Å²) in [4.78, 5) is 0. The number of hydrogen-bond acceptors (Lipinski definition) is 2. The maximum atomic E-state index is 8.49. The standard InChI is InChI=1S/C5H10O2/c1-5(7)3-2-4-6/h2-3,5-7H,4H2,1H3. The Balaban J connectivity index is 3.08. The van der Waals surface area contributed by atoms with Crippen LogP contribution in [-0.4, -0.2) is 22.9 Å². The van der Waals surface area contributed by atoms with E-state index in [9.17, 15) is 0 Å². The molecule has 0 aromatic carbocycles. The lowest BCUT2D eigenvalue weighted by Gasteiger charge is -1.88. The van der Waals surface area contributed by atoms with Gasteiger partial charge >= 0.3 is 0 Å². The molecule has 0 aliphatic heterocycles. The van der Waals surface area contributed by atoms with E-state index >= 15 is 0 Å². The van der Waals surface area contributed by atoms with Gasteiger partial charge in [0, 0.05) is 0 Å². The normalized spacial score (nSPS) is 15.3.